The summed E-state index contributed by atoms with van der Waals surface area (Å²) in [5.74, 6) is 0.261. The predicted octanol–water partition coefficient (Wildman–Crippen LogP) is 0.720. The number of carbonyl (C=O) groups excluding carboxylic acids is 1. The Morgan fingerprint density at radius 1 is 1.39 bits per heavy atom. The predicted molar refractivity (Wildman–Crippen MR) is 71.3 cm³/mol. The van der Waals surface area contributed by atoms with Gasteiger partial charge < -0.3 is 11.1 Å². The van der Waals surface area contributed by atoms with Gasteiger partial charge in [0, 0.05) is 25.4 Å². The van der Waals surface area contributed by atoms with Gasteiger partial charge in [0.2, 0.25) is 5.91 Å². The monoisotopic (exact) mass is 245 g/mol. The summed E-state index contributed by atoms with van der Waals surface area (Å²) in [6.07, 6.45) is 0.235. The molecule has 94 valence electrons. The quantitative estimate of drug-likeness (QED) is 0.836. The van der Waals surface area contributed by atoms with E-state index in [0.29, 0.717) is 11.2 Å². The van der Waals surface area contributed by atoms with Gasteiger partial charge in [-0.15, -0.1) is 0 Å². The van der Waals surface area contributed by atoms with Crippen molar-refractivity contribution in [1.29, 1.82) is 0 Å². The number of nitrogen functional groups attached to an aromatic ring is 1. The molecule has 0 saturated carbocycles. The molecule has 2 aromatic rings. The average molecular weight is 245 g/mol. The molecule has 3 N–H and O–H groups in total. The van der Waals surface area contributed by atoms with Crippen LogP contribution in [0.4, 0.5) is 5.82 Å². The van der Waals surface area contributed by atoms with Crippen molar-refractivity contribution in [3.05, 3.63) is 40.7 Å². The molecule has 0 spiro atoms. The Balaban J connectivity index is 2.44. The summed E-state index contributed by atoms with van der Waals surface area (Å²) in [6.45, 7) is 0.287. The van der Waals surface area contributed by atoms with Gasteiger partial charge in [0.05, 0.1) is 0 Å². The van der Waals surface area contributed by atoms with E-state index >= 15 is 0 Å². The van der Waals surface area contributed by atoms with Crippen molar-refractivity contribution in [3.8, 4) is 0 Å². The van der Waals surface area contributed by atoms with E-state index < -0.39 is 0 Å². The number of anilines is 1. The number of hydrogen-bond acceptors (Lipinski definition) is 3. The van der Waals surface area contributed by atoms with E-state index in [1.807, 2.05) is 18.2 Å². The molecule has 1 heterocycles. The highest BCUT2D eigenvalue weighted by molar-refractivity contribution is 5.83. The summed E-state index contributed by atoms with van der Waals surface area (Å²) in [5, 5.41) is 3.95. The molecule has 0 aliphatic carbocycles. The van der Waals surface area contributed by atoms with Crippen molar-refractivity contribution in [2.45, 2.75) is 13.0 Å². The fourth-order valence-electron chi connectivity index (χ4n) is 1.89. The zero-order valence-electron chi connectivity index (χ0n) is 10.1. The molecule has 0 radical (unpaired) electrons. The number of benzene rings is 1. The molecule has 5 heteroatoms. The average Bonchev–Trinajstić information content (AvgIpc) is 2.38. The van der Waals surface area contributed by atoms with Crippen molar-refractivity contribution in [3.63, 3.8) is 0 Å². The van der Waals surface area contributed by atoms with Crippen molar-refractivity contribution >= 4 is 22.5 Å². The molecule has 5 nitrogen and oxygen atoms in total. The smallest absolute Gasteiger partial charge is 0.259 e. The van der Waals surface area contributed by atoms with Gasteiger partial charge in [0.15, 0.2) is 0 Å². The van der Waals surface area contributed by atoms with E-state index in [-0.39, 0.29) is 24.4 Å². The summed E-state index contributed by atoms with van der Waals surface area (Å²) in [4.78, 5) is 23.4. The lowest BCUT2D eigenvalue weighted by molar-refractivity contribution is -0.120. The number of rotatable bonds is 3. The summed E-state index contributed by atoms with van der Waals surface area (Å²) in [5.41, 5.74) is 5.69. The van der Waals surface area contributed by atoms with E-state index in [2.05, 4.69) is 5.32 Å². The molecule has 1 amide bonds. The van der Waals surface area contributed by atoms with Crippen molar-refractivity contribution in [2.75, 3.05) is 12.8 Å². The number of aromatic nitrogens is 1. The molecular weight excluding hydrogens is 230 g/mol. The molecule has 1 aromatic carbocycles. The van der Waals surface area contributed by atoms with Gasteiger partial charge in [-0.1, -0.05) is 18.2 Å². The van der Waals surface area contributed by atoms with Crippen LogP contribution in [0.3, 0.4) is 0 Å². The highest BCUT2D eigenvalue weighted by atomic mass is 16.1. The Kier molecular flexibility index (Phi) is 3.32. The number of fused-ring (bicyclic) bond motifs is 1. The molecule has 0 unspecified atom stereocenters. The zero-order valence-corrected chi connectivity index (χ0v) is 10.1. The van der Waals surface area contributed by atoms with Crippen molar-refractivity contribution in [2.24, 2.45) is 0 Å². The Morgan fingerprint density at radius 3 is 2.83 bits per heavy atom. The molecule has 0 saturated heterocycles. The summed E-state index contributed by atoms with van der Waals surface area (Å²) < 4.78 is 1.43. The standard InChI is InChI=1S/C13H15N3O2/c1-15-12(17)6-7-16-11(14)8-9-4-2-3-5-10(9)13(16)18/h2-5,8H,6-7,14H2,1H3,(H,15,17). The Bertz CT molecular complexity index is 646. The maximum Gasteiger partial charge on any atom is 0.259 e. The number of hydrogen-bond donors (Lipinski definition) is 2. The van der Waals surface area contributed by atoms with Crippen LogP contribution in [0.1, 0.15) is 6.42 Å². The molecule has 18 heavy (non-hydrogen) atoms. The molecule has 0 bridgehead atoms. The van der Waals surface area contributed by atoms with Gasteiger partial charge in [0.1, 0.15) is 5.82 Å². The lowest BCUT2D eigenvalue weighted by atomic mass is 10.1. The van der Waals surface area contributed by atoms with Crippen LogP contribution in [-0.2, 0) is 11.3 Å². The van der Waals surface area contributed by atoms with Crippen LogP contribution in [0.5, 0.6) is 0 Å². The van der Waals surface area contributed by atoms with Crippen LogP contribution >= 0.6 is 0 Å². The van der Waals surface area contributed by atoms with Gasteiger partial charge >= 0.3 is 0 Å². The SMILES string of the molecule is CNC(=O)CCn1c(N)cc2ccccc2c1=O. The topological polar surface area (TPSA) is 77.1 Å². The van der Waals surface area contributed by atoms with E-state index in [9.17, 15) is 9.59 Å². The van der Waals surface area contributed by atoms with Gasteiger partial charge in [-0.3, -0.25) is 14.2 Å². The van der Waals surface area contributed by atoms with E-state index in [1.54, 1.807) is 19.2 Å². The molecule has 0 aliphatic rings. The summed E-state index contributed by atoms with van der Waals surface area (Å²) in [6, 6.07) is 9.02. The van der Waals surface area contributed by atoms with Crippen LogP contribution in [0.25, 0.3) is 10.8 Å². The minimum atomic E-state index is -0.158. The second-order valence-electron chi connectivity index (χ2n) is 4.04. The molecule has 0 aliphatic heterocycles. The summed E-state index contributed by atoms with van der Waals surface area (Å²) >= 11 is 0. The second-order valence-corrected chi connectivity index (χ2v) is 4.04. The molecular formula is C13H15N3O2. The van der Waals surface area contributed by atoms with E-state index in [0.717, 1.165) is 5.39 Å². The number of carbonyl (C=O) groups is 1. The van der Waals surface area contributed by atoms with Gasteiger partial charge in [0.25, 0.3) is 5.56 Å². The fourth-order valence-corrected chi connectivity index (χ4v) is 1.89. The van der Waals surface area contributed by atoms with Crippen LogP contribution in [0.15, 0.2) is 35.1 Å². The number of nitrogens with one attached hydrogen (secondary N) is 1. The maximum absolute atomic E-state index is 12.2. The van der Waals surface area contributed by atoms with Crippen LogP contribution in [0, 0.1) is 0 Å². The minimum absolute atomic E-state index is 0.116. The first-order valence-corrected chi connectivity index (χ1v) is 5.72. The van der Waals surface area contributed by atoms with E-state index in [1.165, 1.54) is 4.57 Å². The number of nitrogens with two attached hydrogens (primary N) is 1. The maximum atomic E-state index is 12.2. The first-order chi connectivity index (χ1) is 8.63. The second kappa shape index (κ2) is 4.91. The minimum Gasteiger partial charge on any atom is -0.385 e. The van der Waals surface area contributed by atoms with Crippen LogP contribution in [-0.4, -0.2) is 17.5 Å². The Hall–Kier alpha value is -2.30. The number of pyridine rings is 1. The first kappa shape index (κ1) is 12.2. The van der Waals surface area contributed by atoms with Crippen LogP contribution < -0.4 is 16.6 Å². The van der Waals surface area contributed by atoms with Crippen molar-refractivity contribution in [1.82, 2.24) is 9.88 Å². The molecule has 2 rings (SSSR count). The number of nitrogens with zero attached hydrogens (tertiary/aromatic N) is 1. The molecule has 0 fully saturated rings. The molecule has 1 aromatic heterocycles. The number of amides is 1. The highest BCUT2D eigenvalue weighted by Crippen LogP contribution is 2.13. The largest absolute Gasteiger partial charge is 0.385 e. The molecule has 0 atom stereocenters. The Morgan fingerprint density at radius 2 is 2.11 bits per heavy atom. The van der Waals surface area contributed by atoms with Crippen LogP contribution in [0.2, 0.25) is 0 Å². The third-order valence-corrected chi connectivity index (χ3v) is 2.89. The summed E-state index contributed by atoms with van der Waals surface area (Å²) in [7, 11) is 1.56. The van der Waals surface area contributed by atoms with Gasteiger partial charge in [-0.25, -0.2) is 0 Å². The van der Waals surface area contributed by atoms with Crippen molar-refractivity contribution < 1.29 is 4.79 Å². The zero-order chi connectivity index (χ0) is 13.1. The Labute approximate surface area is 104 Å². The highest BCUT2D eigenvalue weighted by Gasteiger charge is 2.08. The lowest BCUT2D eigenvalue weighted by Crippen LogP contribution is -2.26. The van der Waals surface area contributed by atoms with E-state index in [4.69, 9.17) is 5.73 Å². The first-order valence-electron chi connectivity index (χ1n) is 5.72. The third kappa shape index (κ3) is 2.20. The normalized spacial score (nSPS) is 10.5. The van der Waals surface area contributed by atoms with Gasteiger partial charge in [-0.05, 0) is 17.5 Å². The fraction of sp³-hybridized carbons (Fsp3) is 0.231. The van der Waals surface area contributed by atoms with Gasteiger partial charge in [-0.2, -0.15) is 0 Å². The lowest BCUT2D eigenvalue weighted by Gasteiger charge is -2.10. The third-order valence-electron chi connectivity index (χ3n) is 2.89.